The predicted octanol–water partition coefficient (Wildman–Crippen LogP) is 2.81. The fraction of sp³-hybridized carbons (Fsp3) is 0.261. The fourth-order valence-corrected chi connectivity index (χ4v) is 4.60. The van der Waals surface area contributed by atoms with Crippen LogP contribution in [0, 0.1) is 0 Å². The molecule has 1 amide bonds. The molecule has 1 aromatic heterocycles. The van der Waals surface area contributed by atoms with Crippen molar-refractivity contribution in [2.75, 3.05) is 45.1 Å². The molecule has 0 unspecified atom stereocenters. The third-order valence-electron chi connectivity index (χ3n) is 4.96. The van der Waals surface area contributed by atoms with E-state index < -0.39 is 10.0 Å². The summed E-state index contributed by atoms with van der Waals surface area (Å²) in [5, 5.41) is 8.79. The summed E-state index contributed by atoms with van der Waals surface area (Å²) in [5.74, 6) is 1.52. The first-order chi connectivity index (χ1) is 17.8. The first kappa shape index (κ1) is 27.8. The SMILES string of the molecule is COc1cc(Nc2ncc(Cl)c(Nc3ccccc3CS(=O)(=O)NCCNC=O)n2)cc(OC)c1OC. The number of hydrogen-bond acceptors (Lipinski definition) is 10. The van der Waals surface area contributed by atoms with Crippen molar-refractivity contribution in [1.82, 2.24) is 20.0 Å². The van der Waals surface area contributed by atoms with Crippen molar-refractivity contribution >= 4 is 51.2 Å². The number of aromatic nitrogens is 2. The number of anilines is 4. The van der Waals surface area contributed by atoms with Gasteiger partial charge in [0.2, 0.25) is 28.1 Å². The average Bonchev–Trinajstić information content (AvgIpc) is 2.89. The monoisotopic (exact) mass is 550 g/mol. The number of carbonyl (C=O) groups is 1. The number of para-hydroxylation sites is 1. The molecule has 37 heavy (non-hydrogen) atoms. The molecule has 0 saturated carbocycles. The van der Waals surface area contributed by atoms with Gasteiger partial charge in [0.05, 0.1) is 33.3 Å². The van der Waals surface area contributed by atoms with Crippen molar-refractivity contribution in [3.05, 3.63) is 53.2 Å². The summed E-state index contributed by atoms with van der Waals surface area (Å²) >= 11 is 6.33. The number of hydrogen-bond donors (Lipinski definition) is 4. The van der Waals surface area contributed by atoms with E-state index in [1.807, 2.05) is 0 Å². The first-order valence-corrected chi connectivity index (χ1v) is 12.9. The van der Waals surface area contributed by atoms with Crippen LogP contribution in [0.3, 0.4) is 0 Å². The Bertz CT molecular complexity index is 1320. The standard InChI is InChI=1S/C23H27ClN6O6S/c1-34-19-10-16(11-20(35-2)21(19)36-3)28-23-26-12-17(24)22(30-23)29-18-7-5-4-6-15(18)13-37(32,33)27-9-8-25-14-31/h4-7,10-12,14,27H,8-9,13H2,1-3H3,(H,25,31)(H2,26,28,29,30). The van der Waals surface area contributed by atoms with Crippen LogP contribution in [0.25, 0.3) is 0 Å². The van der Waals surface area contributed by atoms with Crippen LogP contribution < -0.4 is 34.9 Å². The molecule has 0 radical (unpaired) electrons. The van der Waals surface area contributed by atoms with Crippen LogP contribution in [0.15, 0.2) is 42.6 Å². The van der Waals surface area contributed by atoms with Crippen molar-refractivity contribution in [3.63, 3.8) is 0 Å². The van der Waals surface area contributed by atoms with E-state index in [2.05, 4.69) is 30.6 Å². The average molecular weight is 551 g/mol. The van der Waals surface area contributed by atoms with Crippen molar-refractivity contribution in [3.8, 4) is 17.2 Å². The zero-order valence-corrected chi connectivity index (χ0v) is 21.9. The molecule has 0 atom stereocenters. The van der Waals surface area contributed by atoms with Gasteiger partial charge in [0, 0.05) is 36.6 Å². The number of amides is 1. The molecule has 198 valence electrons. The summed E-state index contributed by atoms with van der Waals surface area (Å²) < 4.78 is 43.5. The molecule has 0 bridgehead atoms. The minimum atomic E-state index is -3.67. The van der Waals surface area contributed by atoms with E-state index in [0.29, 0.717) is 40.6 Å². The molecular weight excluding hydrogens is 524 g/mol. The van der Waals surface area contributed by atoms with Crippen LogP contribution in [0.4, 0.5) is 23.1 Å². The Morgan fingerprint density at radius 1 is 1.00 bits per heavy atom. The molecule has 12 nitrogen and oxygen atoms in total. The third kappa shape index (κ3) is 7.59. The zero-order chi connectivity index (χ0) is 26.8. The second kappa shape index (κ2) is 12.9. The second-order valence-corrected chi connectivity index (χ2v) is 9.65. The van der Waals surface area contributed by atoms with Gasteiger partial charge in [-0.05, 0) is 11.6 Å². The number of nitrogens with one attached hydrogen (secondary N) is 4. The molecule has 0 aliphatic heterocycles. The zero-order valence-electron chi connectivity index (χ0n) is 20.4. The predicted molar refractivity (Wildman–Crippen MR) is 141 cm³/mol. The minimum Gasteiger partial charge on any atom is -0.493 e. The summed E-state index contributed by atoms with van der Waals surface area (Å²) in [5.41, 5.74) is 1.56. The quantitative estimate of drug-likeness (QED) is 0.174. The number of sulfonamides is 1. The topological polar surface area (TPSA) is 153 Å². The minimum absolute atomic E-state index is 0.0738. The number of nitrogens with zero attached hydrogens (tertiary/aromatic N) is 2. The third-order valence-corrected chi connectivity index (χ3v) is 6.57. The lowest BCUT2D eigenvalue weighted by atomic mass is 10.2. The van der Waals surface area contributed by atoms with E-state index in [4.69, 9.17) is 25.8 Å². The lowest BCUT2D eigenvalue weighted by Crippen LogP contribution is -2.32. The lowest BCUT2D eigenvalue weighted by molar-refractivity contribution is -0.109. The van der Waals surface area contributed by atoms with Crippen LogP contribution in [-0.2, 0) is 20.6 Å². The summed E-state index contributed by atoms with van der Waals surface area (Å²) in [6.07, 6.45) is 1.92. The maximum atomic E-state index is 12.5. The molecule has 14 heteroatoms. The highest BCUT2D eigenvalue weighted by Gasteiger charge is 2.17. The number of rotatable bonds is 14. The van der Waals surface area contributed by atoms with E-state index in [9.17, 15) is 13.2 Å². The number of halogens is 1. The molecule has 2 aromatic carbocycles. The lowest BCUT2D eigenvalue weighted by Gasteiger charge is -2.16. The molecule has 1 heterocycles. The summed E-state index contributed by atoms with van der Waals surface area (Å²) in [6.45, 7) is 0.255. The largest absolute Gasteiger partial charge is 0.493 e. The van der Waals surface area contributed by atoms with Crippen LogP contribution in [0.2, 0.25) is 5.02 Å². The maximum absolute atomic E-state index is 12.5. The highest BCUT2D eigenvalue weighted by molar-refractivity contribution is 7.88. The van der Waals surface area contributed by atoms with Gasteiger partial charge in [0.25, 0.3) is 0 Å². The molecule has 3 aromatic rings. The Morgan fingerprint density at radius 2 is 1.70 bits per heavy atom. The van der Waals surface area contributed by atoms with Gasteiger partial charge in [-0.25, -0.2) is 18.1 Å². The van der Waals surface area contributed by atoms with Gasteiger partial charge in [-0.1, -0.05) is 29.8 Å². The Morgan fingerprint density at radius 3 is 2.35 bits per heavy atom. The molecule has 0 spiro atoms. The van der Waals surface area contributed by atoms with Gasteiger partial charge in [-0.2, -0.15) is 4.98 Å². The van der Waals surface area contributed by atoms with E-state index in [-0.39, 0.29) is 35.6 Å². The van der Waals surface area contributed by atoms with E-state index in [0.717, 1.165) is 0 Å². The summed E-state index contributed by atoms with van der Waals surface area (Å²) in [7, 11) is 0.868. The van der Waals surface area contributed by atoms with Crippen LogP contribution in [-0.4, -0.2) is 59.2 Å². The molecule has 0 saturated heterocycles. The Kier molecular flexibility index (Phi) is 9.71. The van der Waals surface area contributed by atoms with E-state index >= 15 is 0 Å². The van der Waals surface area contributed by atoms with Gasteiger partial charge in [-0.3, -0.25) is 4.79 Å². The van der Waals surface area contributed by atoms with E-state index in [1.54, 1.807) is 36.4 Å². The van der Waals surface area contributed by atoms with Gasteiger partial charge < -0.3 is 30.2 Å². The molecular formula is C23H27ClN6O6S. The summed E-state index contributed by atoms with van der Waals surface area (Å²) in [6, 6.07) is 10.3. The highest BCUT2D eigenvalue weighted by Crippen LogP contribution is 2.40. The summed E-state index contributed by atoms with van der Waals surface area (Å²) in [4.78, 5) is 19.0. The Labute approximate surface area is 219 Å². The van der Waals surface area contributed by atoms with Crippen LogP contribution >= 0.6 is 11.6 Å². The maximum Gasteiger partial charge on any atom is 0.229 e. The molecule has 3 rings (SSSR count). The van der Waals surface area contributed by atoms with Gasteiger partial charge in [0.1, 0.15) is 5.02 Å². The van der Waals surface area contributed by atoms with E-state index in [1.165, 1.54) is 27.5 Å². The highest BCUT2D eigenvalue weighted by atomic mass is 35.5. The molecule has 4 N–H and O–H groups in total. The van der Waals surface area contributed by atoms with Crippen molar-refractivity contribution in [1.29, 1.82) is 0 Å². The normalized spacial score (nSPS) is 10.9. The smallest absolute Gasteiger partial charge is 0.229 e. The molecule has 0 aliphatic carbocycles. The van der Waals surface area contributed by atoms with Crippen molar-refractivity contribution in [2.24, 2.45) is 0 Å². The van der Waals surface area contributed by atoms with Gasteiger partial charge in [0.15, 0.2) is 17.3 Å². The van der Waals surface area contributed by atoms with Crippen molar-refractivity contribution in [2.45, 2.75) is 5.75 Å². The molecule has 0 fully saturated rings. The Balaban J connectivity index is 1.82. The fourth-order valence-electron chi connectivity index (χ4n) is 3.29. The van der Waals surface area contributed by atoms with Gasteiger partial charge in [-0.15, -0.1) is 0 Å². The number of methoxy groups -OCH3 is 3. The second-order valence-electron chi connectivity index (χ2n) is 7.44. The van der Waals surface area contributed by atoms with Crippen LogP contribution in [0.5, 0.6) is 17.2 Å². The van der Waals surface area contributed by atoms with Gasteiger partial charge >= 0.3 is 0 Å². The number of ether oxygens (including phenoxy) is 3. The molecule has 0 aliphatic rings. The number of benzene rings is 2. The number of carbonyl (C=O) groups excluding carboxylic acids is 1. The van der Waals surface area contributed by atoms with Crippen LogP contribution in [0.1, 0.15) is 5.56 Å². The first-order valence-electron chi connectivity index (χ1n) is 10.9. The van der Waals surface area contributed by atoms with Crippen molar-refractivity contribution < 1.29 is 27.4 Å². The Hall–Kier alpha value is -3.81.